The zero-order valence-corrected chi connectivity index (χ0v) is 10.8. The first kappa shape index (κ1) is 13.8. The summed E-state index contributed by atoms with van der Waals surface area (Å²) in [5.41, 5.74) is 1.12. The number of methoxy groups -OCH3 is 2. The highest BCUT2D eigenvalue weighted by Gasteiger charge is 2.06. The van der Waals surface area contributed by atoms with Crippen LogP contribution in [0, 0.1) is 0 Å². The predicted molar refractivity (Wildman–Crippen MR) is 67.5 cm³/mol. The van der Waals surface area contributed by atoms with E-state index in [1.165, 1.54) is 0 Å². The van der Waals surface area contributed by atoms with E-state index in [0.717, 1.165) is 31.8 Å². The standard InChI is InChI=1S/C13H21NO3/c1-4-14(7-8-16-2)10-11-5-6-12(15)13(9-11)17-3/h5-6,9,15H,4,7-8,10H2,1-3H3. The lowest BCUT2D eigenvalue weighted by atomic mass is 10.2. The molecule has 4 nitrogen and oxygen atoms in total. The van der Waals surface area contributed by atoms with Crippen molar-refractivity contribution in [3.8, 4) is 11.5 Å². The lowest BCUT2D eigenvalue weighted by Crippen LogP contribution is -2.26. The molecule has 96 valence electrons. The third kappa shape index (κ3) is 4.24. The highest BCUT2D eigenvalue weighted by Crippen LogP contribution is 2.26. The normalized spacial score (nSPS) is 10.8. The minimum absolute atomic E-state index is 0.177. The number of hydrogen-bond acceptors (Lipinski definition) is 4. The van der Waals surface area contributed by atoms with E-state index in [4.69, 9.17) is 9.47 Å². The van der Waals surface area contributed by atoms with Crippen molar-refractivity contribution in [2.24, 2.45) is 0 Å². The van der Waals surface area contributed by atoms with Crippen LogP contribution < -0.4 is 4.74 Å². The monoisotopic (exact) mass is 239 g/mol. The molecule has 1 N–H and O–H groups in total. The van der Waals surface area contributed by atoms with Gasteiger partial charge in [0, 0.05) is 20.2 Å². The lowest BCUT2D eigenvalue weighted by molar-refractivity contribution is 0.147. The highest BCUT2D eigenvalue weighted by atomic mass is 16.5. The van der Waals surface area contributed by atoms with Gasteiger partial charge < -0.3 is 14.6 Å². The van der Waals surface area contributed by atoms with E-state index in [1.54, 1.807) is 20.3 Å². The molecule has 17 heavy (non-hydrogen) atoms. The number of aromatic hydroxyl groups is 1. The first-order valence-corrected chi connectivity index (χ1v) is 5.78. The maximum absolute atomic E-state index is 9.51. The smallest absolute Gasteiger partial charge is 0.160 e. The molecule has 0 radical (unpaired) electrons. The average molecular weight is 239 g/mol. The minimum Gasteiger partial charge on any atom is -0.504 e. The Kier molecular flexibility index (Phi) is 5.80. The van der Waals surface area contributed by atoms with Crippen molar-refractivity contribution < 1.29 is 14.6 Å². The molecule has 0 atom stereocenters. The second-order valence-corrected chi connectivity index (χ2v) is 3.87. The Balaban J connectivity index is 2.65. The molecule has 0 aromatic heterocycles. The topological polar surface area (TPSA) is 41.9 Å². The number of hydrogen-bond donors (Lipinski definition) is 1. The number of phenols is 1. The van der Waals surface area contributed by atoms with Crippen LogP contribution in [0.25, 0.3) is 0 Å². The molecule has 0 heterocycles. The minimum atomic E-state index is 0.177. The lowest BCUT2D eigenvalue weighted by Gasteiger charge is -2.20. The summed E-state index contributed by atoms with van der Waals surface area (Å²) in [6, 6.07) is 5.44. The first-order chi connectivity index (χ1) is 8.21. The van der Waals surface area contributed by atoms with Crippen LogP contribution in [0.4, 0.5) is 0 Å². The van der Waals surface area contributed by atoms with Gasteiger partial charge in [-0.1, -0.05) is 13.0 Å². The van der Waals surface area contributed by atoms with Crippen molar-refractivity contribution >= 4 is 0 Å². The van der Waals surface area contributed by atoms with Gasteiger partial charge in [-0.25, -0.2) is 0 Å². The van der Waals surface area contributed by atoms with Crippen LogP contribution >= 0.6 is 0 Å². The van der Waals surface area contributed by atoms with Crippen molar-refractivity contribution in [3.63, 3.8) is 0 Å². The molecule has 0 bridgehead atoms. The molecular formula is C13H21NO3. The zero-order valence-electron chi connectivity index (χ0n) is 10.8. The summed E-state index contributed by atoms with van der Waals surface area (Å²) in [6.45, 7) is 5.54. The van der Waals surface area contributed by atoms with Gasteiger partial charge in [-0.2, -0.15) is 0 Å². The molecule has 0 saturated heterocycles. The third-order valence-electron chi connectivity index (χ3n) is 2.71. The van der Waals surface area contributed by atoms with Crippen LogP contribution in [0.2, 0.25) is 0 Å². The number of ether oxygens (including phenoxy) is 2. The molecule has 0 aliphatic heterocycles. The quantitative estimate of drug-likeness (QED) is 0.788. The molecule has 0 fully saturated rings. The van der Waals surface area contributed by atoms with Gasteiger partial charge in [0.05, 0.1) is 13.7 Å². The molecule has 0 saturated carbocycles. The maximum atomic E-state index is 9.51. The fraction of sp³-hybridized carbons (Fsp3) is 0.538. The van der Waals surface area contributed by atoms with Gasteiger partial charge in [0.25, 0.3) is 0 Å². The van der Waals surface area contributed by atoms with Gasteiger partial charge in [0.15, 0.2) is 11.5 Å². The second kappa shape index (κ2) is 7.14. The Morgan fingerprint density at radius 1 is 1.29 bits per heavy atom. The molecule has 1 aromatic carbocycles. The van der Waals surface area contributed by atoms with E-state index in [-0.39, 0.29) is 5.75 Å². The van der Waals surface area contributed by atoms with Crippen LogP contribution in [-0.4, -0.2) is 43.9 Å². The summed E-state index contributed by atoms with van der Waals surface area (Å²) in [4.78, 5) is 2.27. The second-order valence-electron chi connectivity index (χ2n) is 3.87. The largest absolute Gasteiger partial charge is 0.504 e. The molecule has 0 unspecified atom stereocenters. The van der Waals surface area contributed by atoms with E-state index < -0.39 is 0 Å². The van der Waals surface area contributed by atoms with Gasteiger partial charge in [0.2, 0.25) is 0 Å². The van der Waals surface area contributed by atoms with Gasteiger partial charge in [-0.3, -0.25) is 4.90 Å². The van der Waals surface area contributed by atoms with E-state index >= 15 is 0 Å². The molecular weight excluding hydrogens is 218 g/mol. The fourth-order valence-electron chi connectivity index (χ4n) is 1.65. The van der Waals surface area contributed by atoms with Crippen molar-refractivity contribution in [1.82, 2.24) is 4.90 Å². The molecule has 4 heteroatoms. The van der Waals surface area contributed by atoms with Crippen LogP contribution in [0.1, 0.15) is 12.5 Å². The Labute approximate surface area is 103 Å². The number of benzene rings is 1. The van der Waals surface area contributed by atoms with Gasteiger partial charge in [-0.15, -0.1) is 0 Å². The van der Waals surface area contributed by atoms with E-state index in [2.05, 4.69) is 11.8 Å². The van der Waals surface area contributed by atoms with Crippen molar-refractivity contribution in [1.29, 1.82) is 0 Å². The third-order valence-corrected chi connectivity index (χ3v) is 2.71. The average Bonchev–Trinajstić information content (AvgIpc) is 2.36. The zero-order chi connectivity index (χ0) is 12.7. The molecule has 1 rings (SSSR count). The predicted octanol–water partition coefficient (Wildman–Crippen LogP) is 1.87. The maximum Gasteiger partial charge on any atom is 0.160 e. The van der Waals surface area contributed by atoms with Crippen LogP contribution in [0.3, 0.4) is 0 Å². The van der Waals surface area contributed by atoms with Gasteiger partial charge in [0.1, 0.15) is 0 Å². The van der Waals surface area contributed by atoms with Crippen LogP contribution in [-0.2, 0) is 11.3 Å². The summed E-state index contributed by atoms with van der Waals surface area (Å²) in [5, 5.41) is 9.51. The van der Waals surface area contributed by atoms with Crippen molar-refractivity contribution in [3.05, 3.63) is 23.8 Å². The SMILES string of the molecule is CCN(CCOC)Cc1ccc(O)c(OC)c1. The fourth-order valence-corrected chi connectivity index (χ4v) is 1.65. The highest BCUT2D eigenvalue weighted by molar-refractivity contribution is 5.41. The molecule has 1 aromatic rings. The summed E-state index contributed by atoms with van der Waals surface area (Å²) < 4.78 is 10.2. The number of rotatable bonds is 7. The number of phenolic OH excluding ortho intramolecular Hbond substituents is 1. The van der Waals surface area contributed by atoms with Crippen molar-refractivity contribution in [2.75, 3.05) is 33.9 Å². The Morgan fingerprint density at radius 2 is 2.06 bits per heavy atom. The summed E-state index contributed by atoms with van der Waals surface area (Å²) >= 11 is 0. The molecule has 0 spiro atoms. The molecule has 0 aliphatic carbocycles. The Morgan fingerprint density at radius 3 is 2.65 bits per heavy atom. The molecule has 0 aliphatic rings. The molecule has 0 amide bonds. The van der Waals surface area contributed by atoms with Gasteiger partial charge in [-0.05, 0) is 24.2 Å². The summed E-state index contributed by atoms with van der Waals surface area (Å²) in [5.74, 6) is 0.696. The van der Waals surface area contributed by atoms with Crippen molar-refractivity contribution in [2.45, 2.75) is 13.5 Å². The van der Waals surface area contributed by atoms with E-state index in [0.29, 0.717) is 5.75 Å². The van der Waals surface area contributed by atoms with Crippen LogP contribution in [0.15, 0.2) is 18.2 Å². The van der Waals surface area contributed by atoms with E-state index in [1.807, 2.05) is 12.1 Å². The summed E-state index contributed by atoms with van der Waals surface area (Å²) in [7, 11) is 3.26. The summed E-state index contributed by atoms with van der Waals surface area (Å²) in [6.07, 6.45) is 0. The Bertz CT molecular complexity index is 341. The van der Waals surface area contributed by atoms with E-state index in [9.17, 15) is 5.11 Å². The number of nitrogens with zero attached hydrogens (tertiary/aromatic N) is 1. The first-order valence-electron chi connectivity index (χ1n) is 5.78. The number of likely N-dealkylation sites (N-methyl/N-ethyl adjacent to an activating group) is 1. The van der Waals surface area contributed by atoms with Crippen LogP contribution in [0.5, 0.6) is 11.5 Å². The Hall–Kier alpha value is -1.26. The van der Waals surface area contributed by atoms with Gasteiger partial charge >= 0.3 is 0 Å².